The van der Waals surface area contributed by atoms with Gasteiger partial charge in [-0.15, -0.1) is 0 Å². The molecule has 0 unspecified atom stereocenters. The van der Waals surface area contributed by atoms with Gasteiger partial charge in [-0.2, -0.15) is 0 Å². The fourth-order valence-corrected chi connectivity index (χ4v) is 2.31. The molecule has 0 radical (unpaired) electrons. The highest BCUT2D eigenvalue weighted by Crippen LogP contribution is 2.20. The summed E-state index contributed by atoms with van der Waals surface area (Å²) in [5.74, 6) is -0.219. The van der Waals surface area contributed by atoms with Crippen LogP contribution in [0.2, 0.25) is 10.2 Å². The van der Waals surface area contributed by atoms with Gasteiger partial charge >= 0.3 is 6.09 Å². The predicted octanol–water partition coefficient (Wildman–Crippen LogP) is 1.91. The lowest BCUT2D eigenvalue weighted by Gasteiger charge is -2.33. The number of halogens is 2. The van der Waals surface area contributed by atoms with Crippen LogP contribution < -0.4 is 0 Å². The van der Waals surface area contributed by atoms with Gasteiger partial charge in [0.05, 0.1) is 17.7 Å². The van der Waals surface area contributed by atoms with Crippen LogP contribution >= 0.6 is 23.2 Å². The Morgan fingerprint density at radius 2 is 1.80 bits per heavy atom. The first-order valence-electron chi connectivity index (χ1n) is 5.96. The van der Waals surface area contributed by atoms with E-state index >= 15 is 0 Å². The highest BCUT2D eigenvalue weighted by molar-refractivity contribution is 6.35. The van der Waals surface area contributed by atoms with E-state index in [1.807, 2.05) is 0 Å². The zero-order valence-corrected chi connectivity index (χ0v) is 12.3. The van der Waals surface area contributed by atoms with Crippen LogP contribution in [0, 0.1) is 0 Å². The molecule has 1 aliphatic rings. The van der Waals surface area contributed by atoms with Gasteiger partial charge in [-0.3, -0.25) is 4.79 Å². The lowest BCUT2D eigenvalue weighted by Crippen LogP contribution is -2.50. The summed E-state index contributed by atoms with van der Waals surface area (Å²) in [6, 6.07) is 1.44. The topological polar surface area (TPSA) is 62.7 Å². The molecule has 0 saturated carbocycles. The zero-order valence-electron chi connectivity index (χ0n) is 10.8. The van der Waals surface area contributed by atoms with E-state index in [2.05, 4.69) is 9.72 Å². The van der Waals surface area contributed by atoms with Gasteiger partial charge in [-0.25, -0.2) is 9.78 Å². The van der Waals surface area contributed by atoms with Crippen molar-refractivity contribution in [3.63, 3.8) is 0 Å². The Hall–Kier alpha value is -1.53. The number of carbonyl (C=O) groups is 2. The largest absolute Gasteiger partial charge is 0.453 e. The Bertz CT molecular complexity index is 531. The third-order valence-electron chi connectivity index (χ3n) is 3.05. The van der Waals surface area contributed by atoms with Crippen LogP contribution in [0.5, 0.6) is 0 Å². The summed E-state index contributed by atoms with van der Waals surface area (Å²) < 4.78 is 4.64. The third kappa shape index (κ3) is 3.13. The van der Waals surface area contributed by atoms with E-state index in [9.17, 15) is 9.59 Å². The van der Waals surface area contributed by atoms with Crippen molar-refractivity contribution in [1.82, 2.24) is 14.8 Å². The molecule has 2 rings (SSSR count). The molecular weight excluding hydrogens is 305 g/mol. The molecule has 0 N–H and O–H groups in total. The summed E-state index contributed by atoms with van der Waals surface area (Å²) in [5, 5.41) is 0.473. The lowest BCUT2D eigenvalue weighted by molar-refractivity contribution is 0.0600. The van der Waals surface area contributed by atoms with Crippen molar-refractivity contribution in [3.8, 4) is 0 Å². The normalized spacial score (nSPS) is 15.2. The number of methoxy groups -OCH3 is 1. The maximum absolute atomic E-state index is 12.3. The first-order valence-corrected chi connectivity index (χ1v) is 6.71. The van der Waals surface area contributed by atoms with E-state index in [0.29, 0.717) is 31.7 Å². The smallest absolute Gasteiger partial charge is 0.409 e. The highest BCUT2D eigenvalue weighted by atomic mass is 35.5. The van der Waals surface area contributed by atoms with Gasteiger partial charge in [0.25, 0.3) is 5.91 Å². The van der Waals surface area contributed by atoms with Crippen LogP contribution in [0.1, 0.15) is 10.4 Å². The molecule has 0 aliphatic carbocycles. The number of rotatable bonds is 1. The average Bonchev–Trinajstić information content (AvgIpc) is 2.48. The molecule has 0 bridgehead atoms. The lowest BCUT2D eigenvalue weighted by atomic mass is 10.2. The molecule has 1 aliphatic heterocycles. The van der Waals surface area contributed by atoms with Crippen LogP contribution in [0.3, 0.4) is 0 Å². The van der Waals surface area contributed by atoms with E-state index in [1.165, 1.54) is 19.4 Å². The molecule has 108 valence electrons. The molecule has 20 heavy (non-hydrogen) atoms. The van der Waals surface area contributed by atoms with Gasteiger partial charge in [0.2, 0.25) is 0 Å². The number of nitrogens with zero attached hydrogens (tertiary/aromatic N) is 3. The number of carbonyl (C=O) groups excluding carboxylic acids is 2. The average molecular weight is 318 g/mol. The predicted molar refractivity (Wildman–Crippen MR) is 74.1 cm³/mol. The summed E-state index contributed by atoms with van der Waals surface area (Å²) in [7, 11) is 1.33. The van der Waals surface area contributed by atoms with Crippen molar-refractivity contribution in [1.29, 1.82) is 0 Å². The second-order valence-electron chi connectivity index (χ2n) is 4.24. The fraction of sp³-hybridized carbons (Fsp3) is 0.417. The van der Waals surface area contributed by atoms with E-state index in [4.69, 9.17) is 23.2 Å². The molecule has 1 fully saturated rings. The van der Waals surface area contributed by atoms with E-state index < -0.39 is 0 Å². The number of amides is 2. The number of ether oxygens (including phenoxy) is 1. The summed E-state index contributed by atoms with van der Waals surface area (Å²) >= 11 is 11.7. The maximum Gasteiger partial charge on any atom is 0.409 e. The molecule has 1 aromatic heterocycles. The van der Waals surface area contributed by atoms with Crippen molar-refractivity contribution in [3.05, 3.63) is 28.0 Å². The summed E-state index contributed by atoms with van der Waals surface area (Å²) in [4.78, 5) is 30.7. The van der Waals surface area contributed by atoms with Crippen molar-refractivity contribution in [2.24, 2.45) is 0 Å². The monoisotopic (exact) mass is 317 g/mol. The van der Waals surface area contributed by atoms with Crippen molar-refractivity contribution >= 4 is 35.2 Å². The molecule has 0 atom stereocenters. The number of piperazine rings is 1. The summed E-state index contributed by atoms with van der Waals surface area (Å²) in [5.41, 5.74) is 0.318. The summed E-state index contributed by atoms with van der Waals surface area (Å²) in [6.45, 7) is 1.69. The number of aromatic nitrogens is 1. The van der Waals surface area contributed by atoms with Crippen molar-refractivity contribution < 1.29 is 14.3 Å². The number of pyridine rings is 1. The highest BCUT2D eigenvalue weighted by Gasteiger charge is 2.26. The van der Waals surface area contributed by atoms with Gasteiger partial charge < -0.3 is 14.5 Å². The standard InChI is InChI=1S/C12H13Cl2N3O3/c1-20-12(19)17-4-2-16(3-5-17)11(18)8-6-10(14)15-7-9(8)13/h6-7H,2-5H2,1H3. The van der Waals surface area contributed by atoms with Crippen LogP contribution in [0.4, 0.5) is 4.79 Å². The molecule has 2 amide bonds. The molecule has 2 heterocycles. The van der Waals surface area contributed by atoms with Crippen LogP contribution in [0.15, 0.2) is 12.3 Å². The molecule has 1 aromatic rings. The summed E-state index contributed by atoms with van der Waals surface area (Å²) in [6.07, 6.45) is 0.962. The zero-order chi connectivity index (χ0) is 14.7. The van der Waals surface area contributed by atoms with Crippen LogP contribution in [-0.2, 0) is 4.74 Å². The maximum atomic E-state index is 12.3. The van der Waals surface area contributed by atoms with Gasteiger partial charge in [-0.1, -0.05) is 23.2 Å². The minimum absolute atomic E-state index is 0.214. The third-order valence-corrected chi connectivity index (χ3v) is 3.56. The minimum Gasteiger partial charge on any atom is -0.453 e. The second-order valence-corrected chi connectivity index (χ2v) is 5.03. The van der Waals surface area contributed by atoms with E-state index in [0.717, 1.165) is 0 Å². The molecule has 0 aromatic carbocycles. The first-order chi connectivity index (χ1) is 9.52. The van der Waals surface area contributed by atoms with Gasteiger partial charge in [-0.05, 0) is 6.07 Å². The van der Waals surface area contributed by atoms with Gasteiger partial charge in [0.1, 0.15) is 5.15 Å². The number of hydrogen-bond donors (Lipinski definition) is 0. The molecule has 6 nitrogen and oxygen atoms in total. The van der Waals surface area contributed by atoms with Crippen LogP contribution in [-0.4, -0.2) is 60.1 Å². The van der Waals surface area contributed by atoms with Crippen molar-refractivity contribution in [2.45, 2.75) is 0 Å². The van der Waals surface area contributed by atoms with Gasteiger partial charge in [0, 0.05) is 32.4 Å². The van der Waals surface area contributed by atoms with Gasteiger partial charge in [0.15, 0.2) is 0 Å². The van der Waals surface area contributed by atoms with Crippen molar-refractivity contribution in [2.75, 3.05) is 33.3 Å². The Kier molecular flexibility index (Phi) is 4.67. The Labute approximate surface area is 126 Å². The fourth-order valence-electron chi connectivity index (χ4n) is 1.97. The minimum atomic E-state index is -0.387. The Morgan fingerprint density at radius 1 is 1.20 bits per heavy atom. The molecule has 1 saturated heterocycles. The second kappa shape index (κ2) is 6.28. The Morgan fingerprint density at radius 3 is 2.40 bits per heavy atom. The first kappa shape index (κ1) is 14.9. The SMILES string of the molecule is COC(=O)N1CCN(C(=O)c2cc(Cl)ncc2Cl)CC1. The quantitative estimate of drug-likeness (QED) is 0.742. The van der Waals surface area contributed by atoms with E-state index in [-0.39, 0.29) is 22.2 Å². The Balaban J connectivity index is 2.05. The molecule has 0 spiro atoms. The van der Waals surface area contributed by atoms with E-state index in [1.54, 1.807) is 9.80 Å². The number of hydrogen-bond acceptors (Lipinski definition) is 4. The molecule has 8 heteroatoms. The van der Waals surface area contributed by atoms with Crippen LogP contribution in [0.25, 0.3) is 0 Å². The molecular formula is C12H13Cl2N3O3.